The lowest BCUT2D eigenvalue weighted by Gasteiger charge is -2.35. The molecule has 2 aromatic rings. The molecule has 2 bridgehead atoms. The van der Waals surface area contributed by atoms with Crippen molar-refractivity contribution in [3.8, 4) is 0 Å². The number of halogens is 1. The first-order chi connectivity index (χ1) is 13.5. The van der Waals surface area contributed by atoms with Crippen molar-refractivity contribution >= 4 is 30.1 Å². The molecule has 1 amide bonds. The number of amides is 1. The fourth-order valence-corrected chi connectivity index (χ4v) is 5.60. The Kier molecular flexibility index (Phi) is 7.31. The molecule has 0 spiro atoms. The number of aryl methyl sites for hydroxylation is 2. The lowest BCUT2D eigenvalue weighted by molar-refractivity contribution is 0.0681. The van der Waals surface area contributed by atoms with Gasteiger partial charge < -0.3 is 10.2 Å². The molecule has 0 aliphatic carbocycles. The van der Waals surface area contributed by atoms with Crippen molar-refractivity contribution in [2.75, 3.05) is 7.05 Å². The molecule has 2 saturated heterocycles. The molecule has 1 N–H and O–H groups in total. The smallest absolute Gasteiger partial charge is 0.253 e. The molecule has 0 radical (unpaired) electrons. The second kappa shape index (κ2) is 9.55. The van der Waals surface area contributed by atoms with Crippen LogP contribution in [-0.4, -0.2) is 36.0 Å². The zero-order chi connectivity index (χ0) is 19.7. The first kappa shape index (κ1) is 22.2. The zero-order valence-corrected chi connectivity index (χ0v) is 19.1. The second-order valence-corrected chi connectivity index (χ2v) is 9.45. The first-order valence-corrected chi connectivity index (χ1v) is 11.3. The van der Waals surface area contributed by atoms with Gasteiger partial charge in [-0.25, -0.2) is 0 Å². The van der Waals surface area contributed by atoms with E-state index in [9.17, 15) is 4.79 Å². The summed E-state index contributed by atoms with van der Waals surface area (Å²) in [7, 11) is 1.98. The topological polar surface area (TPSA) is 32.3 Å². The maximum atomic E-state index is 13.1. The zero-order valence-electron chi connectivity index (χ0n) is 17.5. The average Bonchev–Trinajstić information content (AvgIpc) is 3.05. The van der Waals surface area contributed by atoms with Crippen LogP contribution in [0.3, 0.4) is 0 Å². The largest absolute Gasteiger partial charge is 0.339 e. The van der Waals surface area contributed by atoms with Gasteiger partial charge in [-0.2, -0.15) is 0 Å². The molecule has 2 fully saturated rings. The molecular weight excluding hydrogens is 400 g/mol. The molecule has 4 rings (SSSR count). The number of nitrogens with zero attached hydrogens (tertiary/aromatic N) is 1. The van der Waals surface area contributed by atoms with Gasteiger partial charge in [0.05, 0.1) is 0 Å². The van der Waals surface area contributed by atoms with E-state index in [0.29, 0.717) is 18.1 Å². The predicted molar refractivity (Wildman–Crippen MR) is 124 cm³/mol. The number of fused-ring (bicyclic) bond motifs is 2. The lowest BCUT2D eigenvalue weighted by atomic mass is 9.98. The monoisotopic (exact) mass is 430 g/mol. The highest BCUT2D eigenvalue weighted by atomic mass is 35.5. The third-order valence-corrected chi connectivity index (χ3v) is 7.46. The van der Waals surface area contributed by atoms with E-state index >= 15 is 0 Å². The average molecular weight is 431 g/mol. The van der Waals surface area contributed by atoms with E-state index in [1.165, 1.54) is 34.4 Å². The molecule has 0 aromatic heterocycles. The van der Waals surface area contributed by atoms with Crippen LogP contribution < -0.4 is 5.32 Å². The summed E-state index contributed by atoms with van der Waals surface area (Å²) in [6.07, 6.45) is 4.68. The van der Waals surface area contributed by atoms with Crippen LogP contribution in [0.2, 0.25) is 0 Å². The quantitative estimate of drug-likeness (QED) is 0.647. The van der Waals surface area contributed by atoms with Gasteiger partial charge in [0.15, 0.2) is 0 Å². The van der Waals surface area contributed by atoms with Gasteiger partial charge in [0, 0.05) is 41.4 Å². The molecule has 2 heterocycles. The van der Waals surface area contributed by atoms with Crippen LogP contribution in [0.15, 0.2) is 47.4 Å². The highest BCUT2D eigenvalue weighted by Crippen LogP contribution is 2.30. The van der Waals surface area contributed by atoms with Crippen LogP contribution in [0.1, 0.15) is 52.7 Å². The molecule has 2 atom stereocenters. The predicted octanol–water partition coefficient (Wildman–Crippen LogP) is 5.37. The fourth-order valence-electron chi connectivity index (χ4n) is 4.53. The number of piperidine rings is 1. The van der Waals surface area contributed by atoms with Crippen molar-refractivity contribution in [2.45, 2.75) is 68.3 Å². The Morgan fingerprint density at radius 3 is 2.55 bits per heavy atom. The van der Waals surface area contributed by atoms with E-state index < -0.39 is 0 Å². The summed E-state index contributed by atoms with van der Waals surface area (Å²) in [5.74, 6) is 1.04. The minimum absolute atomic E-state index is 0. The number of rotatable bonds is 5. The maximum absolute atomic E-state index is 13.1. The Balaban J connectivity index is 0.00000240. The van der Waals surface area contributed by atoms with E-state index in [2.05, 4.69) is 49.5 Å². The van der Waals surface area contributed by atoms with Gasteiger partial charge in [-0.1, -0.05) is 29.8 Å². The van der Waals surface area contributed by atoms with Gasteiger partial charge in [-0.3, -0.25) is 4.79 Å². The number of hydrogen-bond acceptors (Lipinski definition) is 3. The summed E-state index contributed by atoms with van der Waals surface area (Å²) >= 11 is 1.85. The molecule has 29 heavy (non-hydrogen) atoms. The minimum atomic E-state index is 0. The summed E-state index contributed by atoms with van der Waals surface area (Å²) in [4.78, 5) is 16.4. The van der Waals surface area contributed by atoms with Crippen molar-refractivity contribution < 1.29 is 4.79 Å². The van der Waals surface area contributed by atoms with E-state index in [1.807, 2.05) is 35.8 Å². The Morgan fingerprint density at radius 2 is 1.83 bits per heavy atom. The van der Waals surface area contributed by atoms with Crippen molar-refractivity contribution in [1.82, 2.24) is 10.2 Å². The van der Waals surface area contributed by atoms with Gasteiger partial charge >= 0.3 is 0 Å². The first-order valence-electron chi connectivity index (χ1n) is 10.3. The van der Waals surface area contributed by atoms with Crippen molar-refractivity contribution in [3.63, 3.8) is 0 Å². The number of benzene rings is 2. The number of nitrogens with one attached hydrogen (secondary N) is 1. The van der Waals surface area contributed by atoms with Gasteiger partial charge in [-0.05, 0) is 68.9 Å². The number of hydrogen-bond donors (Lipinski definition) is 1. The van der Waals surface area contributed by atoms with Crippen LogP contribution in [-0.2, 0) is 5.75 Å². The van der Waals surface area contributed by atoms with E-state index in [1.54, 1.807) is 0 Å². The van der Waals surface area contributed by atoms with Crippen LogP contribution in [0.4, 0.5) is 0 Å². The summed E-state index contributed by atoms with van der Waals surface area (Å²) in [5.41, 5.74) is 4.61. The molecule has 2 unspecified atom stereocenters. The van der Waals surface area contributed by atoms with Crippen LogP contribution >= 0.6 is 24.2 Å². The van der Waals surface area contributed by atoms with E-state index in [0.717, 1.165) is 24.2 Å². The summed E-state index contributed by atoms with van der Waals surface area (Å²) in [6.45, 7) is 4.29. The molecule has 2 aromatic carbocycles. The Bertz CT molecular complexity index is 860. The Hall–Kier alpha value is -1.49. The summed E-state index contributed by atoms with van der Waals surface area (Å²) in [5, 5.41) is 3.66. The van der Waals surface area contributed by atoms with E-state index in [-0.39, 0.29) is 18.3 Å². The molecule has 2 aliphatic rings. The van der Waals surface area contributed by atoms with Gasteiger partial charge in [0.1, 0.15) is 0 Å². The summed E-state index contributed by atoms with van der Waals surface area (Å²) in [6, 6.07) is 16.3. The molecule has 0 saturated carbocycles. The normalized spacial score (nSPS) is 22.8. The molecule has 2 aliphatic heterocycles. The Morgan fingerprint density at radius 1 is 1.10 bits per heavy atom. The third kappa shape index (κ3) is 5.17. The second-order valence-electron chi connectivity index (χ2n) is 8.44. The third-order valence-electron chi connectivity index (χ3n) is 6.23. The van der Waals surface area contributed by atoms with Crippen molar-refractivity contribution in [1.29, 1.82) is 0 Å². The van der Waals surface area contributed by atoms with Gasteiger partial charge in [0.2, 0.25) is 0 Å². The van der Waals surface area contributed by atoms with E-state index in [4.69, 9.17) is 0 Å². The molecule has 156 valence electrons. The highest BCUT2D eigenvalue weighted by molar-refractivity contribution is 7.98. The lowest BCUT2D eigenvalue weighted by Crippen LogP contribution is -2.48. The Labute approximate surface area is 185 Å². The van der Waals surface area contributed by atoms with Crippen LogP contribution in [0.5, 0.6) is 0 Å². The number of thioether (sulfide) groups is 1. The van der Waals surface area contributed by atoms with Crippen molar-refractivity contribution in [3.05, 3.63) is 64.7 Å². The van der Waals surface area contributed by atoms with Crippen LogP contribution in [0, 0.1) is 13.8 Å². The summed E-state index contributed by atoms with van der Waals surface area (Å²) < 4.78 is 0. The number of carbonyl (C=O) groups excluding carboxylic acids is 1. The van der Waals surface area contributed by atoms with Gasteiger partial charge in [-0.15, -0.1) is 24.2 Å². The standard InChI is InChI=1S/C24H30N2OS.ClH/c1-16-7-8-17(2)23(11-16)28-15-18-5-4-6-19(12-18)24(27)26(3)22-13-20-9-10-21(14-22)25-20;/h4-8,11-12,20-22,25H,9-10,13-15H2,1-3H3;1H. The van der Waals surface area contributed by atoms with Crippen LogP contribution in [0.25, 0.3) is 0 Å². The fraction of sp³-hybridized carbons (Fsp3) is 0.458. The highest BCUT2D eigenvalue weighted by Gasteiger charge is 2.36. The minimum Gasteiger partial charge on any atom is -0.339 e. The SMILES string of the molecule is Cc1ccc(C)c(SCc2cccc(C(=O)N(C)C3CC4CCC(C3)N4)c2)c1.Cl. The van der Waals surface area contributed by atoms with Crippen molar-refractivity contribution in [2.24, 2.45) is 0 Å². The maximum Gasteiger partial charge on any atom is 0.253 e. The molecule has 5 heteroatoms. The molecular formula is C24H31ClN2OS. The van der Waals surface area contributed by atoms with Gasteiger partial charge in [0.25, 0.3) is 5.91 Å². The number of carbonyl (C=O) groups is 1. The molecule has 3 nitrogen and oxygen atoms in total.